The number of nitrogens with zero attached hydrogens (tertiary/aromatic N) is 2. The van der Waals surface area contributed by atoms with Crippen molar-refractivity contribution in [2.75, 3.05) is 13.1 Å². The summed E-state index contributed by atoms with van der Waals surface area (Å²) >= 11 is 0. The Bertz CT molecular complexity index is 253. The monoisotopic (exact) mass is 195 g/mol. The predicted octanol–water partition coefficient (Wildman–Crippen LogP) is 0.292. The highest BCUT2D eigenvalue weighted by Gasteiger charge is 2.30. The van der Waals surface area contributed by atoms with E-state index in [1.54, 1.807) is 4.90 Å². The van der Waals surface area contributed by atoms with Gasteiger partial charge < -0.3 is 4.90 Å². The third-order valence-electron chi connectivity index (χ3n) is 2.86. The Labute approximate surface area is 83.6 Å². The molecule has 0 N–H and O–H groups in total. The molecule has 2 saturated heterocycles. The predicted molar refractivity (Wildman–Crippen MR) is 50.6 cm³/mol. The van der Waals surface area contributed by atoms with Crippen molar-refractivity contribution in [1.82, 2.24) is 10.2 Å². The van der Waals surface area contributed by atoms with E-state index in [4.69, 9.17) is 0 Å². The van der Waals surface area contributed by atoms with Crippen molar-refractivity contribution in [3.05, 3.63) is 0 Å². The van der Waals surface area contributed by atoms with E-state index in [0.29, 0.717) is 25.8 Å². The molecule has 4 heteroatoms. The average Bonchev–Trinajstić information content (AvgIpc) is 2.18. The Morgan fingerprint density at radius 3 is 2.79 bits per heavy atom. The van der Waals surface area contributed by atoms with E-state index < -0.39 is 0 Å². The number of Topliss-reactive ketones (excluding diaryl/α,β-unsaturated/α-hetero) is 1. The minimum atomic E-state index is -0.149. The Balaban J connectivity index is 1.98. The third-order valence-corrected chi connectivity index (χ3v) is 2.86. The smallest absolute Gasteiger partial charge is 0.223 e. The summed E-state index contributed by atoms with van der Waals surface area (Å²) < 4.78 is 0. The van der Waals surface area contributed by atoms with Gasteiger partial charge in [0.25, 0.3) is 0 Å². The van der Waals surface area contributed by atoms with E-state index in [9.17, 15) is 9.59 Å². The molecule has 2 rings (SSSR count). The Hall–Kier alpha value is -0.900. The zero-order valence-corrected chi connectivity index (χ0v) is 8.24. The van der Waals surface area contributed by atoms with Gasteiger partial charge >= 0.3 is 0 Å². The molecule has 2 aliphatic rings. The summed E-state index contributed by atoms with van der Waals surface area (Å²) in [6, 6.07) is 0. The number of carbonyl (C=O) groups is 2. The maximum Gasteiger partial charge on any atom is 0.223 e. The van der Waals surface area contributed by atoms with Crippen LogP contribution in [0.4, 0.5) is 0 Å². The van der Waals surface area contributed by atoms with Crippen LogP contribution in [0.25, 0.3) is 0 Å². The van der Waals surface area contributed by atoms with Crippen molar-refractivity contribution < 1.29 is 9.59 Å². The second-order valence-electron chi connectivity index (χ2n) is 3.92. The standard InChI is InChI=1S/C10H15N2O2/c13-8-4-5-11-9(7-8)12-6-2-1-3-10(12)14/h9H,1-7H2. The number of amides is 1. The van der Waals surface area contributed by atoms with Gasteiger partial charge in [-0.2, -0.15) is 0 Å². The van der Waals surface area contributed by atoms with Gasteiger partial charge in [0.1, 0.15) is 11.9 Å². The van der Waals surface area contributed by atoms with E-state index in [0.717, 1.165) is 19.4 Å². The molecule has 0 spiro atoms. The maximum absolute atomic E-state index is 11.6. The van der Waals surface area contributed by atoms with Gasteiger partial charge in [-0.25, -0.2) is 5.32 Å². The molecular formula is C10H15N2O2. The summed E-state index contributed by atoms with van der Waals surface area (Å²) in [7, 11) is 0. The zero-order chi connectivity index (χ0) is 9.97. The molecule has 14 heavy (non-hydrogen) atoms. The first-order valence-corrected chi connectivity index (χ1v) is 5.25. The van der Waals surface area contributed by atoms with Gasteiger partial charge in [0.05, 0.1) is 0 Å². The normalized spacial score (nSPS) is 29.4. The van der Waals surface area contributed by atoms with E-state index >= 15 is 0 Å². The van der Waals surface area contributed by atoms with Gasteiger partial charge in [0.15, 0.2) is 0 Å². The fourth-order valence-corrected chi connectivity index (χ4v) is 2.06. The third kappa shape index (κ3) is 1.95. The molecule has 2 heterocycles. The lowest BCUT2D eigenvalue weighted by Crippen LogP contribution is -2.51. The van der Waals surface area contributed by atoms with E-state index in [1.807, 2.05) is 0 Å². The number of carbonyl (C=O) groups excluding carboxylic acids is 2. The lowest BCUT2D eigenvalue weighted by Gasteiger charge is -2.35. The summed E-state index contributed by atoms with van der Waals surface area (Å²) in [5.41, 5.74) is 0. The lowest BCUT2D eigenvalue weighted by molar-refractivity contribution is -0.138. The second-order valence-corrected chi connectivity index (χ2v) is 3.92. The van der Waals surface area contributed by atoms with Crippen LogP contribution in [0.3, 0.4) is 0 Å². The number of likely N-dealkylation sites (tertiary alicyclic amines) is 1. The molecule has 1 amide bonds. The number of ketones is 1. The van der Waals surface area contributed by atoms with Crippen LogP contribution in [-0.4, -0.2) is 35.8 Å². The Morgan fingerprint density at radius 2 is 2.07 bits per heavy atom. The first-order chi connectivity index (χ1) is 6.77. The van der Waals surface area contributed by atoms with Crippen molar-refractivity contribution in [3.8, 4) is 0 Å². The molecule has 2 fully saturated rings. The topological polar surface area (TPSA) is 51.5 Å². The van der Waals surface area contributed by atoms with Gasteiger partial charge in [-0.3, -0.25) is 9.59 Å². The van der Waals surface area contributed by atoms with E-state index in [-0.39, 0.29) is 17.9 Å². The Kier molecular flexibility index (Phi) is 2.82. The maximum atomic E-state index is 11.6. The summed E-state index contributed by atoms with van der Waals surface area (Å²) in [6.45, 7) is 1.37. The largest absolute Gasteiger partial charge is 0.325 e. The molecule has 0 aliphatic carbocycles. The molecule has 0 saturated carbocycles. The molecule has 0 aromatic heterocycles. The fraction of sp³-hybridized carbons (Fsp3) is 0.800. The van der Waals surface area contributed by atoms with Crippen LogP contribution in [0, 0.1) is 0 Å². The van der Waals surface area contributed by atoms with Gasteiger partial charge in [-0.15, -0.1) is 0 Å². The second kappa shape index (κ2) is 4.09. The van der Waals surface area contributed by atoms with E-state index in [1.165, 1.54) is 0 Å². The highest BCUT2D eigenvalue weighted by molar-refractivity contribution is 5.82. The summed E-state index contributed by atoms with van der Waals surface area (Å²) in [4.78, 5) is 24.6. The highest BCUT2D eigenvalue weighted by Crippen LogP contribution is 2.17. The highest BCUT2D eigenvalue weighted by atomic mass is 16.2. The summed E-state index contributed by atoms with van der Waals surface area (Å²) in [5.74, 6) is 0.406. The van der Waals surface area contributed by atoms with E-state index in [2.05, 4.69) is 5.32 Å². The van der Waals surface area contributed by atoms with Crippen molar-refractivity contribution >= 4 is 11.7 Å². The zero-order valence-electron chi connectivity index (χ0n) is 8.24. The molecule has 1 unspecified atom stereocenters. The quantitative estimate of drug-likeness (QED) is 0.604. The molecule has 1 atom stereocenters. The van der Waals surface area contributed by atoms with Crippen LogP contribution < -0.4 is 5.32 Å². The molecule has 0 bridgehead atoms. The molecule has 1 radical (unpaired) electrons. The van der Waals surface area contributed by atoms with Crippen LogP contribution in [-0.2, 0) is 9.59 Å². The van der Waals surface area contributed by atoms with Gasteiger partial charge in [0, 0.05) is 32.4 Å². The van der Waals surface area contributed by atoms with Crippen LogP contribution in [0.2, 0.25) is 0 Å². The molecule has 2 aliphatic heterocycles. The number of hydrogen-bond acceptors (Lipinski definition) is 2. The first kappa shape index (κ1) is 9.65. The van der Waals surface area contributed by atoms with Gasteiger partial charge in [0.2, 0.25) is 5.91 Å². The number of hydrogen-bond donors (Lipinski definition) is 0. The van der Waals surface area contributed by atoms with Crippen LogP contribution in [0.15, 0.2) is 0 Å². The van der Waals surface area contributed by atoms with Crippen molar-refractivity contribution in [2.24, 2.45) is 0 Å². The molecule has 0 aromatic rings. The minimum Gasteiger partial charge on any atom is -0.325 e. The molecule has 4 nitrogen and oxygen atoms in total. The first-order valence-electron chi connectivity index (χ1n) is 5.25. The fourth-order valence-electron chi connectivity index (χ4n) is 2.06. The van der Waals surface area contributed by atoms with Crippen molar-refractivity contribution in [1.29, 1.82) is 0 Å². The summed E-state index contributed by atoms with van der Waals surface area (Å²) in [6.07, 6.45) is 3.50. The van der Waals surface area contributed by atoms with Crippen LogP contribution >= 0.6 is 0 Å². The minimum absolute atomic E-state index is 0.149. The molecule has 0 aromatic carbocycles. The van der Waals surface area contributed by atoms with Crippen LogP contribution in [0.5, 0.6) is 0 Å². The SMILES string of the molecule is O=C1CC[N]C(N2CCCCC2=O)C1. The van der Waals surface area contributed by atoms with Crippen molar-refractivity contribution in [2.45, 2.75) is 38.3 Å². The number of piperidine rings is 2. The Morgan fingerprint density at radius 1 is 1.21 bits per heavy atom. The van der Waals surface area contributed by atoms with Crippen molar-refractivity contribution in [3.63, 3.8) is 0 Å². The summed E-state index contributed by atoms with van der Waals surface area (Å²) in [5, 5.41) is 4.34. The number of rotatable bonds is 1. The molecular weight excluding hydrogens is 180 g/mol. The molecule has 77 valence electrons. The average molecular weight is 195 g/mol. The van der Waals surface area contributed by atoms with Crippen LogP contribution in [0.1, 0.15) is 32.1 Å². The van der Waals surface area contributed by atoms with Gasteiger partial charge in [-0.1, -0.05) is 0 Å². The lowest BCUT2D eigenvalue weighted by atomic mass is 10.0. The van der Waals surface area contributed by atoms with Gasteiger partial charge in [-0.05, 0) is 12.8 Å².